The maximum atomic E-state index is 12.3. The van der Waals surface area contributed by atoms with Gasteiger partial charge in [-0.25, -0.2) is 4.98 Å². The van der Waals surface area contributed by atoms with Gasteiger partial charge in [0.2, 0.25) is 0 Å². The first-order valence-electron chi connectivity index (χ1n) is 7.91. The Morgan fingerprint density at radius 1 is 1.29 bits per heavy atom. The normalized spacial score (nSPS) is 12.9. The van der Waals surface area contributed by atoms with Crippen LogP contribution in [0.2, 0.25) is 5.02 Å². The van der Waals surface area contributed by atoms with E-state index in [1.165, 1.54) is 16.9 Å². The number of aryl methyl sites for hydroxylation is 1. The van der Waals surface area contributed by atoms with Gasteiger partial charge in [0.15, 0.2) is 4.96 Å². The molecule has 1 N–H and O–H groups in total. The predicted molar refractivity (Wildman–Crippen MR) is 99.9 cm³/mol. The fraction of sp³-hybridized carbons (Fsp3) is 0.333. The van der Waals surface area contributed by atoms with E-state index in [1.54, 1.807) is 10.5 Å². The van der Waals surface area contributed by atoms with Gasteiger partial charge >= 0.3 is 0 Å². The molecular weight excluding hydrogens is 342 g/mol. The third-order valence-corrected chi connectivity index (χ3v) is 5.22. The highest BCUT2D eigenvalue weighted by molar-refractivity contribution is 7.15. The van der Waals surface area contributed by atoms with E-state index in [9.17, 15) is 4.79 Å². The molecule has 2 aromatic heterocycles. The van der Waals surface area contributed by atoms with Gasteiger partial charge in [-0.3, -0.25) is 9.20 Å². The highest BCUT2D eigenvalue weighted by Crippen LogP contribution is 2.23. The standard InChI is InChI=1S/C18H20ClN3OS/c1-11(2)17(13-4-6-14(19)7-5-13)20-9-15-8-16(23)22-12(3)10-24-18(22)21-15/h4-8,10-11,17,20H,9H2,1-3H3. The molecule has 3 aromatic rings. The van der Waals surface area contributed by atoms with Crippen LogP contribution in [0.25, 0.3) is 4.96 Å². The van der Waals surface area contributed by atoms with Gasteiger partial charge in [-0.15, -0.1) is 11.3 Å². The Balaban J connectivity index is 1.82. The summed E-state index contributed by atoms with van der Waals surface area (Å²) in [6.07, 6.45) is 0. The van der Waals surface area contributed by atoms with E-state index in [0.717, 1.165) is 21.4 Å². The number of hydrogen-bond acceptors (Lipinski definition) is 4. The van der Waals surface area contributed by atoms with E-state index >= 15 is 0 Å². The largest absolute Gasteiger partial charge is 0.304 e. The average molecular weight is 362 g/mol. The highest BCUT2D eigenvalue weighted by atomic mass is 35.5. The molecular formula is C18H20ClN3OS. The number of nitrogens with one attached hydrogen (secondary N) is 1. The molecule has 1 aromatic carbocycles. The molecule has 0 saturated carbocycles. The Labute approximate surface area is 150 Å². The Kier molecular flexibility index (Phi) is 5.04. The second-order valence-electron chi connectivity index (χ2n) is 6.23. The number of hydrogen-bond donors (Lipinski definition) is 1. The van der Waals surface area contributed by atoms with Crippen LogP contribution in [-0.4, -0.2) is 9.38 Å². The summed E-state index contributed by atoms with van der Waals surface area (Å²) in [6.45, 7) is 6.80. The lowest BCUT2D eigenvalue weighted by molar-refractivity contribution is 0.408. The van der Waals surface area contributed by atoms with Crippen LogP contribution >= 0.6 is 22.9 Å². The number of benzene rings is 1. The summed E-state index contributed by atoms with van der Waals surface area (Å²) in [5.74, 6) is 0.403. The summed E-state index contributed by atoms with van der Waals surface area (Å²) in [4.78, 5) is 17.6. The van der Waals surface area contributed by atoms with Crippen molar-refractivity contribution in [2.75, 3.05) is 0 Å². The summed E-state index contributed by atoms with van der Waals surface area (Å²) in [5.41, 5.74) is 2.84. The van der Waals surface area contributed by atoms with Crippen molar-refractivity contribution in [1.29, 1.82) is 0 Å². The smallest absolute Gasteiger partial charge is 0.259 e. The molecule has 24 heavy (non-hydrogen) atoms. The van der Waals surface area contributed by atoms with Gasteiger partial charge in [-0.1, -0.05) is 37.6 Å². The van der Waals surface area contributed by atoms with Crippen molar-refractivity contribution in [3.8, 4) is 0 Å². The predicted octanol–water partition coefficient (Wildman–Crippen LogP) is 4.20. The van der Waals surface area contributed by atoms with E-state index < -0.39 is 0 Å². The van der Waals surface area contributed by atoms with E-state index in [-0.39, 0.29) is 11.6 Å². The second-order valence-corrected chi connectivity index (χ2v) is 7.51. The van der Waals surface area contributed by atoms with Crippen molar-refractivity contribution < 1.29 is 0 Å². The molecule has 0 aliphatic rings. The van der Waals surface area contributed by atoms with Crippen LogP contribution < -0.4 is 10.9 Å². The van der Waals surface area contributed by atoms with Crippen molar-refractivity contribution in [1.82, 2.24) is 14.7 Å². The zero-order chi connectivity index (χ0) is 17.3. The molecule has 0 bridgehead atoms. The van der Waals surface area contributed by atoms with Gasteiger partial charge in [0, 0.05) is 34.7 Å². The summed E-state index contributed by atoms with van der Waals surface area (Å²) in [5, 5.41) is 6.20. The molecule has 0 fully saturated rings. The number of nitrogens with zero attached hydrogens (tertiary/aromatic N) is 2. The van der Waals surface area contributed by atoms with Crippen LogP contribution in [0.4, 0.5) is 0 Å². The van der Waals surface area contributed by atoms with Crippen molar-refractivity contribution in [3.63, 3.8) is 0 Å². The minimum atomic E-state index is -0.0249. The van der Waals surface area contributed by atoms with Crippen LogP contribution in [-0.2, 0) is 6.54 Å². The molecule has 126 valence electrons. The van der Waals surface area contributed by atoms with Crippen molar-refractivity contribution in [2.24, 2.45) is 5.92 Å². The van der Waals surface area contributed by atoms with Crippen LogP contribution in [0.3, 0.4) is 0 Å². The topological polar surface area (TPSA) is 46.4 Å². The molecule has 6 heteroatoms. The number of aromatic nitrogens is 2. The first-order valence-corrected chi connectivity index (χ1v) is 9.17. The number of rotatable bonds is 5. The molecule has 0 amide bonds. The van der Waals surface area contributed by atoms with Crippen molar-refractivity contribution in [3.05, 3.63) is 68.0 Å². The van der Waals surface area contributed by atoms with Gasteiger partial charge < -0.3 is 5.32 Å². The lowest BCUT2D eigenvalue weighted by Gasteiger charge is -2.23. The number of fused-ring (bicyclic) bond motifs is 1. The summed E-state index contributed by atoms with van der Waals surface area (Å²) in [7, 11) is 0. The van der Waals surface area contributed by atoms with Crippen molar-refractivity contribution in [2.45, 2.75) is 33.4 Å². The van der Waals surface area contributed by atoms with Gasteiger partial charge in [0.05, 0.1) is 5.69 Å². The van der Waals surface area contributed by atoms with Gasteiger partial charge in [0.25, 0.3) is 5.56 Å². The number of thiazole rings is 1. The van der Waals surface area contributed by atoms with Crippen LogP contribution in [0, 0.1) is 12.8 Å². The fourth-order valence-electron chi connectivity index (χ4n) is 2.81. The molecule has 0 spiro atoms. The maximum absolute atomic E-state index is 12.3. The molecule has 4 nitrogen and oxygen atoms in total. The highest BCUT2D eigenvalue weighted by Gasteiger charge is 2.16. The average Bonchev–Trinajstić information content (AvgIpc) is 2.90. The van der Waals surface area contributed by atoms with Crippen LogP contribution in [0.5, 0.6) is 0 Å². The molecule has 3 rings (SSSR count). The quantitative estimate of drug-likeness (QED) is 0.740. The maximum Gasteiger partial charge on any atom is 0.259 e. The molecule has 0 aliphatic heterocycles. The molecule has 0 radical (unpaired) electrons. The Hall–Kier alpha value is -1.69. The summed E-state index contributed by atoms with van der Waals surface area (Å²) in [6, 6.07) is 9.66. The Morgan fingerprint density at radius 3 is 2.67 bits per heavy atom. The molecule has 1 atom stereocenters. The molecule has 0 aliphatic carbocycles. The lowest BCUT2D eigenvalue weighted by Crippen LogP contribution is -2.27. The van der Waals surface area contributed by atoms with Crippen molar-refractivity contribution >= 4 is 27.9 Å². The molecule has 1 unspecified atom stereocenters. The van der Waals surface area contributed by atoms with E-state index in [4.69, 9.17) is 11.6 Å². The monoisotopic (exact) mass is 361 g/mol. The summed E-state index contributed by atoms with van der Waals surface area (Å²) < 4.78 is 1.65. The summed E-state index contributed by atoms with van der Waals surface area (Å²) >= 11 is 7.47. The van der Waals surface area contributed by atoms with Gasteiger partial charge in [0.1, 0.15) is 0 Å². The van der Waals surface area contributed by atoms with Crippen LogP contribution in [0.1, 0.15) is 36.8 Å². The SMILES string of the molecule is Cc1csc2nc(CNC(c3ccc(Cl)cc3)C(C)C)cc(=O)n12. The molecule has 2 heterocycles. The minimum absolute atomic E-state index is 0.0249. The van der Waals surface area contributed by atoms with E-state index in [2.05, 4.69) is 24.1 Å². The minimum Gasteiger partial charge on any atom is -0.304 e. The Bertz CT molecular complexity index is 899. The van der Waals surface area contributed by atoms with Gasteiger partial charge in [-0.05, 0) is 30.5 Å². The Morgan fingerprint density at radius 2 is 2.00 bits per heavy atom. The fourth-order valence-corrected chi connectivity index (χ4v) is 3.83. The molecule has 0 saturated heterocycles. The number of halogens is 1. The second kappa shape index (κ2) is 7.05. The zero-order valence-corrected chi connectivity index (χ0v) is 15.5. The lowest BCUT2D eigenvalue weighted by atomic mass is 9.96. The van der Waals surface area contributed by atoms with E-state index in [0.29, 0.717) is 12.5 Å². The first kappa shape index (κ1) is 17.1. The van der Waals surface area contributed by atoms with Crippen LogP contribution in [0.15, 0.2) is 40.5 Å². The van der Waals surface area contributed by atoms with E-state index in [1.807, 2.05) is 36.6 Å². The third-order valence-electron chi connectivity index (χ3n) is 4.03. The zero-order valence-electron chi connectivity index (χ0n) is 13.9. The first-order chi connectivity index (χ1) is 11.5. The third kappa shape index (κ3) is 3.53. The van der Waals surface area contributed by atoms with Gasteiger partial charge in [-0.2, -0.15) is 0 Å².